The average molecular weight is 203 g/mol. The fourth-order valence-corrected chi connectivity index (χ4v) is 1.16. The van der Waals surface area contributed by atoms with Gasteiger partial charge >= 0.3 is 6.18 Å². The Labute approximate surface area is 81.1 Å². The summed E-state index contributed by atoms with van der Waals surface area (Å²) in [4.78, 5) is 0.935. The molecule has 1 unspecified atom stereocenters. The summed E-state index contributed by atoms with van der Waals surface area (Å²) in [6, 6.07) is 5.16. The quantitative estimate of drug-likeness (QED) is 0.695. The summed E-state index contributed by atoms with van der Waals surface area (Å²) in [7, 11) is 5.54. The van der Waals surface area contributed by atoms with E-state index >= 15 is 0 Å². The van der Waals surface area contributed by atoms with E-state index < -0.39 is 11.7 Å². The van der Waals surface area contributed by atoms with Crippen LogP contribution >= 0.6 is 0 Å². The van der Waals surface area contributed by atoms with Crippen LogP contribution in [-0.2, 0) is 12.7 Å². The summed E-state index contributed by atoms with van der Waals surface area (Å²) in [6.45, 7) is 0.623. The monoisotopic (exact) mass is 203 g/mol. The van der Waals surface area contributed by atoms with Crippen LogP contribution < -0.4 is 4.90 Å². The van der Waals surface area contributed by atoms with E-state index in [4.69, 9.17) is 0 Å². The van der Waals surface area contributed by atoms with Gasteiger partial charge in [0.15, 0.2) is 0 Å². The zero-order valence-corrected chi connectivity index (χ0v) is 7.86. The first-order chi connectivity index (χ1) is 6.39. The minimum atomic E-state index is -4.25. The molecular formula is C10H12F3N. The first-order valence-corrected chi connectivity index (χ1v) is 4.20. The lowest BCUT2D eigenvalue weighted by atomic mass is 10.1. The molecule has 1 atom stereocenters. The molecule has 4 heteroatoms. The number of quaternary nitrogens is 1. The van der Waals surface area contributed by atoms with Crippen molar-refractivity contribution in [3.05, 3.63) is 42.4 Å². The molecule has 0 fully saturated rings. The summed E-state index contributed by atoms with van der Waals surface area (Å²) in [5.41, 5.74) is 0.244. The number of rotatable bonds is 2. The maximum Gasteiger partial charge on any atom is 0.416 e. The van der Waals surface area contributed by atoms with E-state index in [-0.39, 0.29) is 0 Å². The Balaban J connectivity index is 2.79. The van der Waals surface area contributed by atoms with Crippen molar-refractivity contribution >= 4 is 0 Å². The molecular weight excluding hydrogens is 191 g/mol. The lowest BCUT2D eigenvalue weighted by Crippen LogP contribution is -3.01. The Bertz CT molecular complexity index is 287. The average Bonchev–Trinajstić information content (AvgIpc) is 2.02. The van der Waals surface area contributed by atoms with Gasteiger partial charge in [-0.3, -0.25) is 0 Å². The van der Waals surface area contributed by atoms with Crippen molar-refractivity contribution in [2.75, 3.05) is 7.05 Å². The van der Waals surface area contributed by atoms with Crippen molar-refractivity contribution in [2.24, 2.45) is 0 Å². The highest BCUT2D eigenvalue weighted by Crippen LogP contribution is 2.28. The second kappa shape index (κ2) is 4.00. The van der Waals surface area contributed by atoms with Crippen LogP contribution in [0.25, 0.3) is 0 Å². The summed E-state index contributed by atoms with van der Waals surface area (Å²) in [5.74, 6) is 0. The third-order valence-electron chi connectivity index (χ3n) is 1.79. The first-order valence-electron chi connectivity index (χ1n) is 4.20. The molecule has 0 aliphatic rings. The summed E-state index contributed by atoms with van der Waals surface area (Å²) in [5, 5.41) is 0. The summed E-state index contributed by atoms with van der Waals surface area (Å²) >= 11 is 0. The molecule has 0 radical (unpaired) electrons. The molecule has 1 nitrogen and oxygen atoms in total. The largest absolute Gasteiger partial charge is 0.467 e. The van der Waals surface area contributed by atoms with Crippen LogP contribution in [0, 0.1) is 7.05 Å². The molecule has 0 saturated heterocycles. The molecule has 0 aromatic heterocycles. The smallest absolute Gasteiger partial charge is 0.416 e. The van der Waals surface area contributed by atoms with Gasteiger partial charge in [0, 0.05) is 12.6 Å². The van der Waals surface area contributed by atoms with Crippen LogP contribution in [0.15, 0.2) is 24.3 Å². The van der Waals surface area contributed by atoms with Crippen molar-refractivity contribution in [1.29, 1.82) is 0 Å². The van der Waals surface area contributed by atoms with Crippen molar-refractivity contribution in [3.8, 4) is 0 Å². The summed E-state index contributed by atoms with van der Waals surface area (Å²) in [6.07, 6.45) is -4.25. The van der Waals surface area contributed by atoms with Gasteiger partial charge in [-0.15, -0.1) is 0 Å². The van der Waals surface area contributed by atoms with Gasteiger partial charge in [0.05, 0.1) is 12.1 Å². The van der Waals surface area contributed by atoms with Crippen molar-refractivity contribution < 1.29 is 18.1 Å². The standard InChI is InChI=1S/C10H12F3N/c1-14(2)7-8-3-5-9(6-4-8)10(11,12)13/h3-6,14H,1,7H2,2H3. The second-order valence-corrected chi connectivity index (χ2v) is 3.33. The van der Waals surface area contributed by atoms with Crippen molar-refractivity contribution in [1.82, 2.24) is 0 Å². The molecule has 0 saturated carbocycles. The van der Waals surface area contributed by atoms with Gasteiger partial charge in [0.1, 0.15) is 0 Å². The molecule has 0 bridgehead atoms. The van der Waals surface area contributed by atoms with Crippen molar-refractivity contribution in [3.63, 3.8) is 0 Å². The molecule has 0 heterocycles. The Morgan fingerprint density at radius 3 is 2.07 bits per heavy atom. The normalized spacial score (nSPS) is 14.1. The van der Waals surface area contributed by atoms with Gasteiger partial charge in [-0.05, 0) is 12.1 Å². The lowest BCUT2D eigenvalue weighted by molar-refractivity contribution is -0.846. The molecule has 1 aromatic carbocycles. The molecule has 1 aromatic rings. The SMILES string of the molecule is [CH2-][NH+](C)Cc1ccc(C(F)(F)F)cc1. The van der Waals surface area contributed by atoms with Crippen LogP contribution in [0.1, 0.15) is 11.1 Å². The van der Waals surface area contributed by atoms with Crippen LogP contribution in [0.5, 0.6) is 0 Å². The maximum atomic E-state index is 12.2. The molecule has 14 heavy (non-hydrogen) atoms. The Kier molecular flexibility index (Phi) is 3.16. The number of hydrogen-bond donors (Lipinski definition) is 1. The van der Waals surface area contributed by atoms with Crippen molar-refractivity contribution in [2.45, 2.75) is 12.7 Å². The summed E-state index contributed by atoms with van der Waals surface area (Å²) < 4.78 is 36.5. The van der Waals surface area contributed by atoms with E-state index in [1.165, 1.54) is 12.1 Å². The zero-order valence-electron chi connectivity index (χ0n) is 7.86. The van der Waals surface area contributed by atoms with Crippen LogP contribution in [0.4, 0.5) is 13.2 Å². The van der Waals surface area contributed by atoms with Crippen LogP contribution in [-0.4, -0.2) is 7.05 Å². The van der Waals surface area contributed by atoms with E-state index in [9.17, 15) is 13.2 Å². The molecule has 0 aliphatic carbocycles. The molecule has 1 rings (SSSR count). The molecule has 0 amide bonds. The Morgan fingerprint density at radius 2 is 1.71 bits per heavy atom. The van der Waals surface area contributed by atoms with E-state index in [1.54, 1.807) is 0 Å². The van der Waals surface area contributed by atoms with Gasteiger partial charge in [0.2, 0.25) is 0 Å². The molecule has 78 valence electrons. The predicted octanol–water partition coefficient (Wildman–Crippen LogP) is 1.51. The number of alkyl halides is 3. The highest BCUT2D eigenvalue weighted by molar-refractivity contribution is 5.23. The van der Waals surface area contributed by atoms with E-state index in [2.05, 4.69) is 7.05 Å². The van der Waals surface area contributed by atoms with E-state index in [1.807, 2.05) is 7.05 Å². The maximum absolute atomic E-state index is 12.2. The zero-order chi connectivity index (χ0) is 10.8. The topological polar surface area (TPSA) is 4.44 Å². The Hall–Kier alpha value is -1.03. The molecule has 0 spiro atoms. The Morgan fingerprint density at radius 1 is 1.21 bits per heavy atom. The first kappa shape index (κ1) is 11.0. The third kappa shape index (κ3) is 3.03. The number of nitrogens with one attached hydrogen (secondary N) is 1. The van der Waals surface area contributed by atoms with Gasteiger partial charge in [0.25, 0.3) is 0 Å². The van der Waals surface area contributed by atoms with Gasteiger partial charge in [-0.2, -0.15) is 20.2 Å². The van der Waals surface area contributed by atoms with E-state index in [0.29, 0.717) is 6.54 Å². The van der Waals surface area contributed by atoms with Gasteiger partial charge < -0.3 is 4.90 Å². The van der Waals surface area contributed by atoms with Gasteiger partial charge in [-0.25, -0.2) is 0 Å². The van der Waals surface area contributed by atoms with E-state index in [0.717, 1.165) is 22.6 Å². The molecule has 0 aliphatic heterocycles. The minimum Gasteiger partial charge on any atom is -0.467 e. The van der Waals surface area contributed by atoms with Crippen LogP contribution in [0.3, 0.4) is 0 Å². The van der Waals surface area contributed by atoms with Gasteiger partial charge in [-0.1, -0.05) is 12.1 Å². The van der Waals surface area contributed by atoms with Crippen LogP contribution in [0.2, 0.25) is 0 Å². The molecule has 1 N–H and O–H groups in total. The second-order valence-electron chi connectivity index (χ2n) is 3.33. The fraction of sp³-hybridized carbons (Fsp3) is 0.300. The number of halogens is 3. The number of hydrogen-bond acceptors (Lipinski definition) is 0. The highest BCUT2D eigenvalue weighted by atomic mass is 19.4. The fourth-order valence-electron chi connectivity index (χ4n) is 1.16. The minimum absolute atomic E-state index is 0.608. The highest BCUT2D eigenvalue weighted by Gasteiger charge is 2.29. The third-order valence-corrected chi connectivity index (χ3v) is 1.79. The lowest BCUT2D eigenvalue weighted by Gasteiger charge is -2.14. The number of benzene rings is 1. The predicted molar refractivity (Wildman–Crippen MR) is 47.4 cm³/mol.